The summed E-state index contributed by atoms with van der Waals surface area (Å²) in [5, 5.41) is 6.07. The van der Waals surface area contributed by atoms with E-state index in [9.17, 15) is 9.59 Å². The van der Waals surface area contributed by atoms with E-state index < -0.39 is 0 Å². The van der Waals surface area contributed by atoms with E-state index in [4.69, 9.17) is 11.6 Å². The highest BCUT2D eigenvalue weighted by molar-refractivity contribution is 6.29. The van der Waals surface area contributed by atoms with E-state index in [0.717, 1.165) is 31.6 Å². The van der Waals surface area contributed by atoms with E-state index in [0.29, 0.717) is 22.1 Å². The van der Waals surface area contributed by atoms with Crippen LogP contribution in [0.5, 0.6) is 0 Å². The molecule has 0 aliphatic carbocycles. The molecule has 0 unspecified atom stereocenters. The molecule has 1 fully saturated rings. The molecule has 2 N–H and O–H groups in total. The summed E-state index contributed by atoms with van der Waals surface area (Å²) in [6.45, 7) is 1.60. The number of hydrogen-bond acceptors (Lipinski definition) is 5. The van der Waals surface area contributed by atoms with E-state index in [1.54, 1.807) is 48.8 Å². The van der Waals surface area contributed by atoms with Crippen molar-refractivity contribution in [1.82, 2.24) is 9.97 Å². The van der Waals surface area contributed by atoms with Crippen LogP contribution in [0.25, 0.3) is 0 Å². The monoisotopic (exact) mass is 435 g/mol. The van der Waals surface area contributed by atoms with Crippen LogP contribution in [0.15, 0.2) is 67.1 Å². The summed E-state index contributed by atoms with van der Waals surface area (Å²) in [4.78, 5) is 35.9. The zero-order chi connectivity index (χ0) is 21.6. The van der Waals surface area contributed by atoms with Crippen LogP contribution in [0.1, 0.15) is 23.2 Å². The zero-order valence-corrected chi connectivity index (χ0v) is 17.5. The molecule has 0 radical (unpaired) electrons. The Morgan fingerprint density at radius 2 is 1.71 bits per heavy atom. The molecule has 158 valence electrons. The van der Waals surface area contributed by atoms with Crippen LogP contribution < -0.4 is 15.5 Å². The van der Waals surface area contributed by atoms with Crippen LogP contribution in [-0.2, 0) is 4.79 Å². The van der Waals surface area contributed by atoms with Crippen LogP contribution in [0.2, 0.25) is 5.15 Å². The number of hydrogen-bond donors (Lipinski definition) is 2. The first kappa shape index (κ1) is 20.8. The molecule has 1 aromatic carbocycles. The lowest BCUT2D eigenvalue weighted by atomic mass is 9.95. The fourth-order valence-corrected chi connectivity index (χ4v) is 3.74. The zero-order valence-electron chi connectivity index (χ0n) is 16.8. The number of amides is 2. The van der Waals surface area contributed by atoms with E-state index in [1.807, 2.05) is 12.1 Å². The Labute approximate surface area is 185 Å². The molecule has 1 saturated heterocycles. The Kier molecular flexibility index (Phi) is 6.43. The third-order valence-corrected chi connectivity index (χ3v) is 5.53. The smallest absolute Gasteiger partial charge is 0.257 e. The second-order valence-corrected chi connectivity index (χ2v) is 7.71. The van der Waals surface area contributed by atoms with Crippen molar-refractivity contribution >= 4 is 40.5 Å². The topological polar surface area (TPSA) is 87.2 Å². The van der Waals surface area contributed by atoms with Gasteiger partial charge in [0, 0.05) is 37.1 Å². The number of piperidine rings is 1. The number of nitrogens with zero attached hydrogens (tertiary/aromatic N) is 3. The number of halogens is 1. The molecular formula is C23H22ClN5O2. The molecule has 0 bridgehead atoms. The van der Waals surface area contributed by atoms with Gasteiger partial charge in [0.25, 0.3) is 5.91 Å². The Balaban J connectivity index is 1.39. The summed E-state index contributed by atoms with van der Waals surface area (Å²) in [6, 6.07) is 14.2. The summed E-state index contributed by atoms with van der Waals surface area (Å²) < 4.78 is 0. The van der Waals surface area contributed by atoms with Crippen molar-refractivity contribution in [2.24, 2.45) is 5.92 Å². The maximum absolute atomic E-state index is 12.9. The SMILES string of the molecule is O=C(Nc1ccc(Cl)nc1)c1ccccc1NC(=O)C1CCN(c2ccncc2)CC1. The van der Waals surface area contributed by atoms with Gasteiger partial charge in [0.1, 0.15) is 5.15 Å². The normalized spacial score (nSPS) is 14.2. The average Bonchev–Trinajstić information content (AvgIpc) is 2.81. The molecule has 7 nitrogen and oxygen atoms in total. The third-order valence-electron chi connectivity index (χ3n) is 5.31. The van der Waals surface area contributed by atoms with Gasteiger partial charge < -0.3 is 15.5 Å². The van der Waals surface area contributed by atoms with Crippen LogP contribution in [-0.4, -0.2) is 34.9 Å². The van der Waals surface area contributed by atoms with E-state index in [1.165, 1.54) is 6.20 Å². The van der Waals surface area contributed by atoms with Crippen molar-refractivity contribution in [3.63, 3.8) is 0 Å². The quantitative estimate of drug-likeness (QED) is 0.585. The molecule has 0 atom stereocenters. The van der Waals surface area contributed by atoms with Gasteiger partial charge in [0.15, 0.2) is 0 Å². The Morgan fingerprint density at radius 1 is 0.968 bits per heavy atom. The number of carbonyl (C=O) groups excluding carboxylic acids is 2. The lowest BCUT2D eigenvalue weighted by Crippen LogP contribution is -2.38. The molecule has 3 aromatic rings. The minimum atomic E-state index is -0.326. The number of rotatable bonds is 5. The molecule has 4 rings (SSSR count). The van der Waals surface area contributed by atoms with Crippen LogP contribution in [0.4, 0.5) is 17.1 Å². The standard InChI is InChI=1S/C23H22ClN5O2/c24-21-6-5-17(15-26-21)27-23(31)19-3-1-2-4-20(19)28-22(30)16-9-13-29(14-10-16)18-7-11-25-12-8-18/h1-8,11-12,15-16H,9-10,13-14H2,(H,27,31)(H,28,30). The highest BCUT2D eigenvalue weighted by Gasteiger charge is 2.26. The second-order valence-electron chi connectivity index (χ2n) is 7.33. The summed E-state index contributed by atoms with van der Waals surface area (Å²) in [7, 11) is 0. The molecule has 1 aliphatic heterocycles. The molecule has 2 amide bonds. The van der Waals surface area contributed by atoms with Gasteiger partial charge in [-0.3, -0.25) is 14.6 Å². The third kappa shape index (κ3) is 5.19. The number of para-hydroxylation sites is 1. The average molecular weight is 436 g/mol. The van der Waals surface area contributed by atoms with Gasteiger partial charge in [-0.2, -0.15) is 0 Å². The van der Waals surface area contributed by atoms with E-state index in [-0.39, 0.29) is 17.7 Å². The summed E-state index contributed by atoms with van der Waals surface area (Å²) in [6.07, 6.45) is 6.53. The largest absolute Gasteiger partial charge is 0.371 e. The molecule has 2 aromatic heterocycles. The number of benzene rings is 1. The van der Waals surface area contributed by atoms with E-state index >= 15 is 0 Å². The van der Waals surface area contributed by atoms with Crippen molar-refractivity contribution in [3.8, 4) is 0 Å². The maximum atomic E-state index is 12.9. The van der Waals surface area contributed by atoms with Crippen LogP contribution in [0.3, 0.4) is 0 Å². The fourth-order valence-electron chi connectivity index (χ4n) is 3.63. The van der Waals surface area contributed by atoms with Crippen molar-refractivity contribution in [2.75, 3.05) is 28.6 Å². The first-order valence-electron chi connectivity index (χ1n) is 10.1. The lowest BCUT2D eigenvalue weighted by Gasteiger charge is -2.33. The minimum Gasteiger partial charge on any atom is -0.371 e. The Bertz CT molecular complexity index is 1050. The van der Waals surface area contributed by atoms with Gasteiger partial charge in [-0.15, -0.1) is 0 Å². The number of nitrogens with one attached hydrogen (secondary N) is 2. The van der Waals surface area contributed by atoms with Crippen molar-refractivity contribution < 1.29 is 9.59 Å². The van der Waals surface area contributed by atoms with Crippen LogP contribution in [0, 0.1) is 5.92 Å². The van der Waals surface area contributed by atoms with Gasteiger partial charge in [-0.1, -0.05) is 23.7 Å². The summed E-state index contributed by atoms with van der Waals surface area (Å²) in [5.74, 6) is -0.495. The van der Waals surface area contributed by atoms with Crippen molar-refractivity contribution in [2.45, 2.75) is 12.8 Å². The molecule has 8 heteroatoms. The first-order valence-corrected chi connectivity index (χ1v) is 10.5. The van der Waals surface area contributed by atoms with Crippen LogP contribution >= 0.6 is 11.6 Å². The molecule has 31 heavy (non-hydrogen) atoms. The molecule has 0 saturated carbocycles. The van der Waals surface area contributed by atoms with Crippen molar-refractivity contribution in [1.29, 1.82) is 0 Å². The molecular weight excluding hydrogens is 414 g/mol. The predicted molar refractivity (Wildman–Crippen MR) is 121 cm³/mol. The lowest BCUT2D eigenvalue weighted by molar-refractivity contribution is -0.120. The predicted octanol–water partition coefficient (Wildman–Crippen LogP) is 4.24. The maximum Gasteiger partial charge on any atom is 0.257 e. The fraction of sp³-hybridized carbons (Fsp3) is 0.217. The van der Waals surface area contributed by atoms with Gasteiger partial charge in [-0.25, -0.2) is 4.98 Å². The minimum absolute atomic E-state index is 0.0669. The van der Waals surface area contributed by atoms with Gasteiger partial charge in [-0.05, 0) is 49.2 Å². The number of anilines is 3. The van der Waals surface area contributed by atoms with Gasteiger partial charge in [0.05, 0.1) is 23.1 Å². The Hall–Kier alpha value is -3.45. The highest BCUT2D eigenvalue weighted by atomic mass is 35.5. The number of pyridine rings is 2. The first-order chi connectivity index (χ1) is 15.1. The number of aromatic nitrogens is 2. The van der Waals surface area contributed by atoms with Gasteiger partial charge in [0.2, 0.25) is 5.91 Å². The van der Waals surface area contributed by atoms with Gasteiger partial charge >= 0.3 is 0 Å². The Morgan fingerprint density at radius 3 is 2.42 bits per heavy atom. The second kappa shape index (κ2) is 9.57. The molecule has 1 aliphatic rings. The van der Waals surface area contributed by atoms with E-state index in [2.05, 4.69) is 25.5 Å². The highest BCUT2D eigenvalue weighted by Crippen LogP contribution is 2.25. The molecule has 3 heterocycles. The molecule has 0 spiro atoms. The van der Waals surface area contributed by atoms with Crippen molar-refractivity contribution in [3.05, 3.63) is 77.8 Å². The number of carbonyl (C=O) groups is 2. The summed E-state index contributed by atoms with van der Waals surface area (Å²) in [5.41, 5.74) is 2.52. The summed E-state index contributed by atoms with van der Waals surface area (Å²) >= 11 is 5.79.